The minimum Gasteiger partial charge on any atom is -0.481 e. The molecule has 0 aliphatic carbocycles. The average Bonchev–Trinajstić information content (AvgIpc) is 2.47. The maximum absolute atomic E-state index is 5.17. The van der Waals surface area contributed by atoms with E-state index in [1.807, 2.05) is 26.0 Å². The van der Waals surface area contributed by atoms with E-state index < -0.39 is 0 Å². The largest absolute Gasteiger partial charge is 0.481 e. The van der Waals surface area contributed by atoms with Crippen LogP contribution >= 0.6 is 0 Å². The molecule has 0 aromatic carbocycles. The first-order valence-electron chi connectivity index (χ1n) is 6.75. The minimum atomic E-state index is 0.584. The molecular formula is C15H20N4O. The van der Waals surface area contributed by atoms with Crippen LogP contribution in [-0.2, 0) is 0 Å². The van der Waals surface area contributed by atoms with Gasteiger partial charge in [0.05, 0.1) is 12.8 Å². The fourth-order valence-electron chi connectivity index (χ4n) is 1.99. The number of nitrogens with one attached hydrogen (secondary N) is 1. The van der Waals surface area contributed by atoms with E-state index in [2.05, 4.69) is 27.2 Å². The van der Waals surface area contributed by atoms with Crippen molar-refractivity contribution in [2.24, 2.45) is 0 Å². The van der Waals surface area contributed by atoms with E-state index in [-0.39, 0.29) is 0 Å². The van der Waals surface area contributed by atoms with Crippen LogP contribution in [0.4, 0.5) is 5.82 Å². The van der Waals surface area contributed by atoms with Crippen molar-refractivity contribution in [1.82, 2.24) is 15.0 Å². The van der Waals surface area contributed by atoms with Gasteiger partial charge in [-0.15, -0.1) is 0 Å². The molecule has 0 aliphatic heterocycles. The third-order valence-electron chi connectivity index (χ3n) is 3.02. The Morgan fingerprint density at radius 3 is 2.75 bits per heavy atom. The van der Waals surface area contributed by atoms with Crippen molar-refractivity contribution in [2.45, 2.75) is 27.2 Å². The van der Waals surface area contributed by atoms with Crippen molar-refractivity contribution in [2.75, 3.05) is 19.0 Å². The molecule has 2 rings (SSSR count). The van der Waals surface area contributed by atoms with E-state index in [1.54, 1.807) is 13.3 Å². The van der Waals surface area contributed by atoms with Crippen LogP contribution in [0.15, 0.2) is 18.3 Å². The Labute approximate surface area is 119 Å². The highest BCUT2D eigenvalue weighted by molar-refractivity contribution is 5.68. The summed E-state index contributed by atoms with van der Waals surface area (Å²) in [6.07, 6.45) is 2.78. The van der Waals surface area contributed by atoms with E-state index in [1.165, 1.54) is 0 Å². The van der Waals surface area contributed by atoms with Crippen molar-refractivity contribution in [3.05, 3.63) is 29.7 Å². The molecule has 5 nitrogen and oxygen atoms in total. The second-order valence-corrected chi connectivity index (χ2v) is 4.61. The molecule has 0 radical (unpaired) electrons. The Morgan fingerprint density at radius 2 is 2.05 bits per heavy atom. The van der Waals surface area contributed by atoms with E-state index in [0.717, 1.165) is 41.4 Å². The molecular weight excluding hydrogens is 252 g/mol. The molecule has 0 spiro atoms. The van der Waals surface area contributed by atoms with Crippen molar-refractivity contribution in [3.8, 4) is 17.1 Å². The maximum Gasteiger partial charge on any atom is 0.213 e. The highest BCUT2D eigenvalue weighted by atomic mass is 16.5. The van der Waals surface area contributed by atoms with Gasteiger partial charge in [-0.1, -0.05) is 6.92 Å². The van der Waals surface area contributed by atoms with E-state index >= 15 is 0 Å². The zero-order valence-corrected chi connectivity index (χ0v) is 12.4. The minimum absolute atomic E-state index is 0.584. The summed E-state index contributed by atoms with van der Waals surface area (Å²) in [7, 11) is 1.61. The number of hydrogen-bond donors (Lipinski definition) is 1. The number of aromatic nitrogens is 3. The Kier molecular flexibility index (Phi) is 4.50. The summed E-state index contributed by atoms with van der Waals surface area (Å²) >= 11 is 0. The molecule has 0 fully saturated rings. The van der Waals surface area contributed by atoms with E-state index in [4.69, 9.17) is 4.74 Å². The molecule has 2 aromatic rings. The van der Waals surface area contributed by atoms with Gasteiger partial charge in [0.25, 0.3) is 0 Å². The molecule has 2 aromatic heterocycles. The van der Waals surface area contributed by atoms with Gasteiger partial charge in [0.2, 0.25) is 5.88 Å². The van der Waals surface area contributed by atoms with Crippen LogP contribution in [0.25, 0.3) is 11.3 Å². The zero-order valence-electron chi connectivity index (χ0n) is 12.4. The fraction of sp³-hybridized carbons (Fsp3) is 0.400. The number of anilines is 1. The van der Waals surface area contributed by atoms with Crippen LogP contribution in [0, 0.1) is 13.8 Å². The standard InChI is InChI=1S/C15H20N4O/c1-5-7-17-15-10(2)14(18-11(3)19-15)12-6-8-16-13(9-12)20-4/h6,8-9H,5,7H2,1-4H3,(H,17,18,19). The lowest BCUT2D eigenvalue weighted by Crippen LogP contribution is -2.07. The van der Waals surface area contributed by atoms with Crippen molar-refractivity contribution in [3.63, 3.8) is 0 Å². The molecule has 0 atom stereocenters. The van der Waals surface area contributed by atoms with Crippen LogP contribution in [0.3, 0.4) is 0 Å². The summed E-state index contributed by atoms with van der Waals surface area (Å²) in [5.41, 5.74) is 2.94. The molecule has 0 aliphatic rings. The summed E-state index contributed by atoms with van der Waals surface area (Å²) in [5.74, 6) is 2.23. The van der Waals surface area contributed by atoms with Crippen LogP contribution in [-0.4, -0.2) is 28.6 Å². The van der Waals surface area contributed by atoms with Gasteiger partial charge < -0.3 is 10.1 Å². The van der Waals surface area contributed by atoms with Crippen LogP contribution in [0.5, 0.6) is 5.88 Å². The summed E-state index contributed by atoms with van der Waals surface area (Å²) in [5, 5.41) is 3.34. The SMILES string of the molecule is CCCNc1nc(C)nc(-c2ccnc(OC)c2)c1C. The summed E-state index contributed by atoms with van der Waals surface area (Å²) in [6, 6.07) is 3.82. The average molecular weight is 272 g/mol. The van der Waals surface area contributed by atoms with Gasteiger partial charge in [-0.25, -0.2) is 15.0 Å². The van der Waals surface area contributed by atoms with E-state index in [0.29, 0.717) is 5.88 Å². The Morgan fingerprint density at radius 1 is 1.25 bits per heavy atom. The number of nitrogens with zero attached hydrogens (tertiary/aromatic N) is 3. The highest BCUT2D eigenvalue weighted by Crippen LogP contribution is 2.27. The summed E-state index contributed by atoms with van der Waals surface area (Å²) < 4.78 is 5.17. The van der Waals surface area contributed by atoms with Crippen molar-refractivity contribution >= 4 is 5.82 Å². The third-order valence-corrected chi connectivity index (χ3v) is 3.02. The molecule has 106 valence electrons. The van der Waals surface area contributed by atoms with Gasteiger partial charge in [0.1, 0.15) is 11.6 Å². The first kappa shape index (κ1) is 14.2. The quantitative estimate of drug-likeness (QED) is 0.906. The third kappa shape index (κ3) is 3.04. The predicted molar refractivity (Wildman–Crippen MR) is 80.1 cm³/mol. The lowest BCUT2D eigenvalue weighted by molar-refractivity contribution is 0.398. The summed E-state index contributed by atoms with van der Waals surface area (Å²) in [6.45, 7) is 6.96. The topological polar surface area (TPSA) is 59.9 Å². The zero-order chi connectivity index (χ0) is 14.5. The van der Waals surface area contributed by atoms with Gasteiger partial charge >= 0.3 is 0 Å². The lowest BCUT2D eigenvalue weighted by Gasteiger charge is -2.13. The van der Waals surface area contributed by atoms with Gasteiger partial charge in [-0.3, -0.25) is 0 Å². The second-order valence-electron chi connectivity index (χ2n) is 4.61. The first-order chi connectivity index (χ1) is 9.65. The Bertz CT molecular complexity index is 598. The molecule has 0 saturated carbocycles. The Balaban J connectivity index is 2.47. The molecule has 0 bridgehead atoms. The fourth-order valence-corrected chi connectivity index (χ4v) is 1.99. The predicted octanol–water partition coefficient (Wildman–Crippen LogP) is 2.99. The summed E-state index contributed by atoms with van der Waals surface area (Å²) in [4.78, 5) is 13.1. The molecule has 1 N–H and O–H groups in total. The van der Waals surface area contributed by atoms with Crippen molar-refractivity contribution in [1.29, 1.82) is 0 Å². The number of pyridine rings is 1. The molecule has 2 heterocycles. The van der Waals surface area contributed by atoms with Gasteiger partial charge in [-0.05, 0) is 26.3 Å². The molecule has 5 heteroatoms. The highest BCUT2D eigenvalue weighted by Gasteiger charge is 2.11. The van der Waals surface area contributed by atoms with E-state index in [9.17, 15) is 0 Å². The van der Waals surface area contributed by atoms with Crippen LogP contribution in [0.2, 0.25) is 0 Å². The van der Waals surface area contributed by atoms with Crippen molar-refractivity contribution < 1.29 is 4.74 Å². The van der Waals surface area contributed by atoms with Crippen LogP contribution in [0.1, 0.15) is 24.7 Å². The number of rotatable bonds is 5. The number of aryl methyl sites for hydroxylation is 1. The molecule has 0 unspecified atom stereocenters. The molecule has 20 heavy (non-hydrogen) atoms. The number of hydrogen-bond acceptors (Lipinski definition) is 5. The van der Waals surface area contributed by atoms with Gasteiger partial charge in [0, 0.05) is 29.9 Å². The lowest BCUT2D eigenvalue weighted by atomic mass is 10.1. The monoisotopic (exact) mass is 272 g/mol. The second kappa shape index (κ2) is 6.32. The van der Waals surface area contributed by atoms with Gasteiger partial charge in [0.15, 0.2) is 0 Å². The molecule has 0 saturated heterocycles. The number of methoxy groups -OCH3 is 1. The van der Waals surface area contributed by atoms with Crippen LogP contribution < -0.4 is 10.1 Å². The molecule has 0 amide bonds. The number of ether oxygens (including phenoxy) is 1. The normalized spacial score (nSPS) is 10.4. The first-order valence-corrected chi connectivity index (χ1v) is 6.75. The smallest absolute Gasteiger partial charge is 0.213 e. The maximum atomic E-state index is 5.17. The van der Waals surface area contributed by atoms with Gasteiger partial charge in [-0.2, -0.15) is 0 Å². The Hall–Kier alpha value is -2.17.